The lowest BCUT2D eigenvalue weighted by Crippen LogP contribution is -2.29. The van der Waals surface area contributed by atoms with Gasteiger partial charge in [-0.3, -0.25) is 9.59 Å². The molecular formula is C14H20BrN3O2. The largest absolute Gasteiger partial charge is 0.356 e. The van der Waals surface area contributed by atoms with Gasteiger partial charge in [-0.1, -0.05) is 15.9 Å². The molecule has 0 spiro atoms. The summed E-state index contributed by atoms with van der Waals surface area (Å²) < 4.78 is 0. The highest BCUT2D eigenvalue weighted by molar-refractivity contribution is 9.09. The minimum absolute atomic E-state index is 0.0214. The third-order valence-electron chi connectivity index (χ3n) is 3.59. The number of H-pyrrole nitrogens is 1. The van der Waals surface area contributed by atoms with Gasteiger partial charge < -0.3 is 5.32 Å². The lowest BCUT2D eigenvalue weighted by molar-refractivity contribution is -0.120. The summed E-state index contributed by atoms with van der Waals surface area (Å²) in [6.07, 6.45) is 6.04. The van der Waals surface area contributed by atoms with Crippen LogP contribution in [0.3, 0.4) is 0 Å². The summed E-state index contributed by atoms with van der Waals surface area (Å²) in [5.41, 5.74) is 2.46. The Labute approximate surface area is 126 Å². The third-order valence-corrected chi connectivity index (χ3v) is 4.15. The number of aromatic amines is 1. The van der Waals surface area contributed by atoms with Crippen LogP contribution in [0.4, 0.5) is 0 Å². The summed E-state index contributed by atoms with van der Waals surface area (Å²) in [6, 6.07) is 0. The van der Waals surface area contributed by atoms with Crippen molar-refractivity contribution in [1.82, 2.24) is 15.5 Å². The molecule has 20 heavy (non-hydrogen) atoms. The topological polar surface area (TPSA) is 74.8 Å². The normalized spacial score (nSPS) is 13.8. The molecule has 0 fully saturated rings. The van der Waals surface area contributed by atoms with E-state index < -0.39 is 0 Å². The summed E-state index contributed by atoms with van der Waals surface area (Å²) in [5, 5.41) is 10.4. The highest BCUT2D eigenvalue weighted by atomic mass is 79.9. The average Bonchev–Trinajstić information content (AvgIpc) is 2.47. The first kappa shape index (κ1) is 15.2. The number of fused-ring (bicyclic) bond motifs is 1. The van der Waals surface area contributed by atoms with E-state index in [1.807, 2.05) is 0 Å². The lowest BCUT2D eigenvalue weighted by Gasteiger charge is -2.17. The van der Waals surface area contributed by atoms with Crippen molar-refractivity contribution in [3.05, 3.63) is 27.2 Å². The molecule has 2 rings (SSSR count). The SMILES string of the molecule is O=C(Cc1n[nH]c(=O)c2c1CCCC2)NCCCCBr. The Bertz CT molecular complexity index is 528. The molecule has 1 heterocycles. The Balaban J connectivity index is 1.99. The quantitative estimate of drug-likeness (QED) is 0.607. The van der Waals surface area contributed by atoms with Crippen LogP contribution >= 0.6 is 15.9 Å². The number of aromatic nitrogens is 2. The van der Waals surface area contributed by atoms with E-state index in [1.54, 1.807) is 0 Å². The highest BCUT2D eigenvalue weighted by Gasteiger charge is 2.19. The molecule has 1 aliphatic carbocycles. The number of carbonyl (C=O) groups excluding carboxylic acids is 1. The number of rotatable bonds is 6. The van der Waals surface area contributed by atoms with E-state index in [4.69, 9.17) is 0 Å². The van der Waals surface area contributed by atoms with E-state index >= 15 is 0 Å². The number of halogens is 1. The van der Waals surface area contributed by atoms with Gasteiger partial charge in [0, 0.05) is 17.4 Å². The third kappa shape index (κ3) is 3.91. The fourth-order valence-electron chi connectivity index (χ4n) is 2.54. The average molecular weight is 342 g/mol. The molecule has 0 saturated heterocycles. The van der Waals surface area contributed by atoms with Gasteiger partial charge in [-0.15, -0.1) is 0 Å². The van der Waals surface area contributed by atoms with E-state index in [2.05, 4.69) is 31.4 Å². The van der Waals surface area contributed by atoms with Crippen molar-refractivity contribution in [1.29, 1.82) is 0 Å². The predicted molar refractivity (Wildman–Crippen MR) is 81.2 cm³/mol. The predicted octanol–water partition coefficient (Wildman–Crippen LogP) is 1.48. The van der Waals surface area contributed by atoms with E-state index in [0.717, 1.165) is 60.7 Å². The molecule has 6 heteroatoms. The molecule has 0 saturated carbocycles. The summed E-state index contributed by atoms with van der Waals surface area (Å²) >= 11 is 3.36. The second-order valence-corrected chi connectivity index (χ2v) is 5.88. The molecule has 110 valence electrons. The molecule has 0 atom stereocenters. The maximum Gasteiger partial charge on any atom is 0.267 e. The van der Waals surface area contributed by atoms with Crippen molar-refractivity contribution in [2.45, 2.75) is 44.9 Å². The first-order chi connectivity index (χ1) is 9.72. The zero-order chi connectivity index (χ0) is 14.4. The van der Waals surface area contributed by atoms with Crippen LogP contribution in [-0.4, -0.2) is 28.0 Å². The number of carbonyl (C=O) groups is 1. The molecule has 1 aliphatic rings. The minimum Gasteiger partial charge on any atom is -0.356 e. The first-order valence-corrected chi connectivity index (χ1v) is 8.26. The molecule has 2 N–H and O–H groups in total. The number of nitrogens with one attached hydrogen (secondary N) is 2. The van der Waals surface area contributed by atoms with Crippen LogP contribution in [0.2, 0.25) is 0 Å². The van der Waals surface area contributed by atoms with Crippen molar-refractivity contribution in [2.24, 2.45) is 0 Å². The van der Waals surface area contributed by atoms with Gasteiger partial charge in [-0.25, -0.2) is 5.10 Å². The number of alkyl halides is 1. The fourth-order valence-corrected chi connectivity index (χ4v) is 2.93. The van der Waals surface area contributed by atoms with E-state index in [-0.39, 0.29) is 17.9 Å². The van der Waals surface area contributed by atoms with E-state index in [1.165, 1.54) is 0 Å². The summed E-state index contributed by atoms with van der Waals surface area (Å²) in [5.74, 6) is -0.0214. The second kappa shape index (κ2) is 7.57. The van der Waals surface area contributed by atoms with Crippen LogP contribution in [-0.2, 0) is 24.1 Å². The highest BCUT2D eigenvalue weighted by Crippen LogP contribution is 2.20. The monoisotopic (exact) mass is 341 g/mol. The maximum atomic E-state index is 11.9. The Hall–Kier alpha value is -1.17. The molecule has 1 amide bonds. The Kier molecular flexibility index (Phi) is 5.76. The molecule has 0 radical (unpaired) electrons. The summed E-state index contributed by atoms with van der Waals surface area (Å²) in [4.78, 5) is 23.6. The standard InChI is InChI=1S/C14H20BrN3O2/c15-7-3-4-8-16-13(19)9-12-10-5-1-2-6-11(10)14(20)18-17-12/h1-9H2,(H,16,19)(H,18,20). The Morgan fingerprint density at radius 2 is 2.00 bits per heavy atom. The van der Waals surface area contributed by atoms with Gasteiger partial charge in [0.25, 0.3) is 5.56 Å². The lowest BCUT2D eigenvalue weighted by atomic mass is 9.91. The van der Waals surface area contributed by atoms with Crippen LogP contribution < -0.4 is 10.9 Å². The molecule has 1 aromatic heterocycles. The molecule has 1 aromatic rings. The van der Waals surface area contributed by atoms with Crippen LogP contribution in [0, 0.1) is 0 Å². The molecular weight excluding hydrogens is 322 g/mol. The van der Waals surface area contributed by atoms with Gasteiger partial charge in [0.2, 0.25) is 5.91 Å². The Morgan fingerprint density at radius 3 is 2.75 bits per heavy atom. The number of hydrogen-bond donors (Lipinski definition) is 2. The van der Waals surface area contributed by atoms with Gasteiger partial charge in [0.05, 0.1) is 12.1 Å². The van der Waals surface area contributed by atoms with Gasteiger partial charge >= 0.3 is 0 Å². The maximum absolute atomic E-state index is 11.9. The van der Waals surface area contributed by atoms with Gasteiger partial charge in [0.15, 0.2) is 0 Å². The number of hydrogen-bond acceptors (Lipinski definition) is 3. The Morgan fingerprint density at radius 1 is 1.25 bits per heavy atom. The molecule has 0 bridgehead atoms. The summed E-state index contributed by atoms with van der Waals surface area (Å²) in [6.45, 7) is 0.690. The van der Waals surface area contributed by atoms with Gasteiger partial charge in [-0.05, 0) is 44.1 Å². The molecule has 0 unspecified atom stereocenters. The second-order valence-electron chi connectivity index (χ2n) is 5.09. The van der Waals surface area contributed by atoms with Crippen molar-refractivity contribution in [2.75, 3.05) is 11.9 Å². The number of unbranched alkanes of at least 4 members (excludes halogenated alkanes) is 1. The fraction of sp³-hybridized carbons (Fsp3) is 0.643. The zero-order valence-electron chi connectivity index (χ0n) is 11.5. The van der Waals surface area contributed by atoms with Crippen LogP contribution in [0.15, 0.2) is 4.79 Å². The zero-order valence-corrected chi connectivity index (χ0v) is 13.1. The van der Waals surface area contributed by atoms with Crippen LogP contribution in [0.5, 0.6) is 0 Å². The van der Waals surface area contributed by atoms with E-state index in [9.17, 15) is 9.59 Å². The molecule has 5 nitrogen and oxygen atoms in total. The molecule has 0 aromatic carbocycles. The van der Waals surface area contributed by atoms with Crippen molar-refractivity contribution in [3.63, 3.8) is 0 Å². The number of amides is 1. The smallest absolute Gasteiger partial charge is 0.267 e. The molecule has 0 aliphatic heterocycles. The minimum atomic E-state index is -0.0961. The summed E-state index contributed by atoms with van der Waals surface area (Å²) in [7, 11) is 0. The van der Waals surface area contributed by atoms with E-state index in [0.29, 0.717) is 6.54 Å². The number of nitrogens with zero attached hydrogens (tertiary/aromatic N) is 1. The first-order valence-electron chi connectivity index (χ1n) is 7.14. The van der Waals surface area contributed by atoms with Crippen LogP contribution in [0.25, 0.3) is 0 Å². The van der Waals surface area contributed by atoms with Crippen molar-refractivity contribution < 1.29 is 4.79 Å². The van der Waals surface area contributed by atoms with Gasteiger partial charge in [0.1, 0.15) is 0 Å². The van der Waals surface area contributed by atoms with Crippen LogP contribution in [0.1, 0.15) is 42.5 Å². The van der Waals surface area contributed by atoms with Crippen molar-refractivity contribution in [3.8, 4) is 0 Å². The van der Waals surface area contributed by atoms with Gasteiger partial charge in [-0.2, -0.15) is 5.10 Å². The van der Waals surface area contributed by atoms with Crippen molar-refractivity contribution >= 4 is 21.8 Å².